The number of nitrogens with one attached hydrogen (secondary N) is 2. The van der Waals surface area contributed by atoms with Gasteiger partial charge in [0.15, 0.2) is 0 Å². The van der Waals surface area contributed by atoms with Crippen molar-refractivity contribution in [2.24, 2.45) is 5.92 Å². The highest BCUT2D eigenvalue weighted by molar-refractivity contribution is 5.96. The van der Waals surface area contributed by atoms with E-state index in [4.69, 9.17) is 0 Å². The predicted octanol–water partition coefficient (Wildman–Crippen LogP) is 1.72. The maximum absolute atomic E-state index is 11.9. The summed E-state index contributed by atoms with van der Waals surface area (Å²) in [5.74, 6) is -0.298. The summed E-state index contributed by atoms with van der Waals surface area (Å²) in [5.41, 5.74) is 1.21. The van der Waals surface area contributed by atoms with E-state index in [9.17, 15) is 14.4 Å². The SMILES string of the molecule is COC(=O)CCCNC(=O)c1ccc(NC(=O)C2CC2)cc1. The van der Waals surface area contributed by atoms with Crippen LogP contribution in [0, 0.1) is 5.92 Å². The van der Waals surface area contributed by atoms with E-state index in [1.54, 1.807) is 24.3 Å². The van der Waals surface area contributed by atoms with Crippen LogP contribution in [0.4, 0.5) is 5.69 Å². The number of benzene rings is 1. The maximum atomic E-state index is 11.9. The lowest BCUT2D eigenvalue weighted by atomic mass is 10.2. The summed E-state index contributed by atoms with van der Waals surface area (Å²) >= 11 is 0. The zero-order valence-electron chi connectivity index (χ0n) is 12.6. The molecule has 0 aliphatic heterocycles. The molecule has 0 bridgehead atoms. The van der Waals surface area contributed by atoms with Crippen LogP contribution in [0.2, 0.25) is 0 Å². The molecule has 1 aliphatic carbocycles. The lowest BCUT2D eigenvalue weighted by molar-refractivity contribution is -0.140. The molecule has 1 fully saturated rings. The van der Waals surface area contributed by atoms with Crippen molar-refractivity contribution in [2.75, 3.05) is 19.0 Å². The molecule has 0 atom stereocenters. The first-order valence-corrected chi connectivity index (χ1v) is 7.36. The van der Waals surface area contributed by atoms with E-state index in [0.717, 1.165) is 12.8 Å². The van der Waals surface area contributed by atoms with Crippen LogP contribution in [-0.2, 0) is 14.3 Å². The maximum Gasteiger partial charge on any atom is 0.305 e. The largest absolute Gasteiger partial charge is 0.469 e. The number of hydrogen-bond acceptors (Lipinski definition) is 4. The van der Waals surface area contributed by atoms with Crippen LogP contribution in [0.3, 0.4) is 0 Å². The smallest absolute Gasteiger partial charge is 0.305 e. The summed E-state index contributed by atoms with van der Waals surface area (Å²) in [6.07, 6.45) is 2.73. The van der Waals surface area contributed by atoms with Crippen molar-refractivity contribution >= 4 is 23.5 Å². The van der Waals surface area contributed by atoms with Crippen molar-refractivity contribution < 1.29 is 19.1 Å². The highest BCUT2D eigenvalue weighted by Gasteiger charge is 2.29. The lowest BCUT2D eigenvalue weighted by Crippen LogP contribution is -2.25. The van der Waals surface area contributed by atoms with Crippen LogP contribution in [-0.4, -0.2) is 31.4 Å². The molecule has 2 N–H and O–H groups in total. The molecule has 0 spiro atoms. The molecule has 0 heterocycles. The van der Waals surface area contributed by atoms with Crippen LogP contribution in [0.1, 0.15) is 36.0 Å². The van der Waals surface area contributed by atoms with E-state index in [1.165, 1.54) is 7.11 Å². The Morgan fingerprint density at radius 3 is 2.45 bits per heavy atom. The van der Waals surface area contributed by atoms with Crippen molar-refractivity contribution in [1.29, 1.82) is 0 Å². The Labute approximate surface area is 129 Å². The third-order valence-corrected chi connectivity index (χ3v) is 3.43. The summed E-state index contributed by atoms with van der Waals surface area (Å²) in [4.78, 5) is 34.5. The van der Waals surface area contributed by atoms with Gasteiger partial charge in [-0.1, -0.05) is 0 Å². The highest BCUT2D eigenvalue weighted by atomic mass is 16.5. The molecule has 1 aromatic rings. The number of rotatable bonds is 7. The van der Waals surface area contributed by atoms with E-state index >= 15 is 0 Å². The van der Waals surface area contributed by atoms with Crippen LogP contribution in [0.25, 0.3) is 0 Å². The fraction of sp³-hybridized carbons (Fsp3) is 0.438. The van der Waals surface area contributed by atoms with Crippen molar-refractivity contribution in [3.63, 3.8) is 0 Å². The Morgan fingerprint density at radius 2 is 1.86 bits per heavy atom. The van der Waals surface area contributed by atoms with Gasteiger partial charge in [0.1, 0.15) is 0 Å². The Balaban J connectivity index is 1.75. The lowest BCUT2D eigenvalue weighted by Gasteiger charge is -2.07. The third kappa shape index (κ3) is 4.87. The van der Waals surface area contributed by atoms with Crippen molar-refractivity contribution in [2.45, 2.75) is 25.7 Å². The number of methoxy groups -OCH3 is 1. The molecule has 0 aromatic heterocycles. The van der Waals surface area contributed by atoms with Crippen LogP contribution < -0.4 is 10.6 Å². The first-order valence-electron chi connectivity index (χ1n) is 7.36. The summed E-state index contributed by atoms with van der Waals surface area (Å²) in [6.45, 7) is 0.411. The van der Waals surface area contributed by atoms with Gasteiger partial charge in [0.05, 0.1) is 7.11 Å². The first kappa shape index (κ1) is 16.0. The fourth-order valence-electron chi connectivity index (χ4n) is 1.93. The van der Waals surface area contributed by atoms with Gasteiger partial charge in [0.25, 0.3) is 5.91 Å². The average Bonchev–Trinajstić information content (AvgIpc) is 3.36. The van der Waals surface area contributed by atoms with Crippen molar-refractivity contribution in [3.05, 3.63) is 29.8 Å². The molecule has 0 unspecified atom stereocenters. The molecular weight excluding hydrogens is 284 g/mol. The topological polar surface area (TPSA) is 84.5 Å². The van der Waals surface area contributed by atoms with Gasteiger partial charge >= 0.3 is 5.97 Å². The summed E-state index contributed by atoms with van der Waals surface area (Å²) < 4.78 is 4.52. The minimum atomic E-state index is -0.287. The molecule has 2 rings (SSSR count). The molecule has 6 nitrogen and oxygen atoms in total. The molecule has 2 amide bonds. The van der Waals surface area contributed by atoms with Gasteiger partial charge in [-0.3, -0.25) is 14.4 Å². The third-order valence-electron chi connectivity index (χ3n) is 3.43. The molecule has 0 radical (unpaired) electrons. The van der Waals surface area contributed by atoms with E-state index in [0.29, 0.717) is 24.2 Å². The molecule has 22 heavy (non-hydrogen) atoms. The van der Waals surface area contributed by atoms with Crippen LogP contribution >= 0.6 is 0 Å². The minimum absolute atomic E-state index is 0.0417. The van der Waals surface area contributed by atoms with E-state index in [-0.39, 0.29) is 30.1 Å². The number of ether oxygens (including phenoxy) is 1. The van der Waals surface area contributed by atoms with Gasteiger partial charge in [-0.2, -0.15) is 0 Å². The van der Waals surface area contributed by atoms with Gasteiger partial charge in [0.2, 0.25) is 5.91 Å². The Bertz CT molecular complexity index is 550. The molecule has 118 valence electrons. The summed E-state index contributed by atoms with van der Waals surface area (Å²) in [6, 6.07) is 6.75. The van der Waals surface area contributed by atoms with Crippen molar-refractivity contribution in [1.82, 2.24) is 5.32 Å². The fourth-order valence-corrected chi connectivity index (χ4v) is 1.93. The van der Waals surface area contributed by atoms with E-state index < -0.39 is 0 Å². The number of carbonyl (C=O) groups excluding carboxylic acids is 3. The number of hydrogen-bond donors (Lipinski definition) is 2. The Hall–Kier alpha value is -2.37. The van der Waals surface area contributed by atoms with Gasteiger partial charge < -0.3 is 15.4 Å². The number of anilines is 1. The first-order chi connectivity index (χ1) is 10.6. The average molecular weight is 304 g/mol. The molecule has 6 heteroatoms. The monoisotopic (exact) mass is 304 g/mol. The van der Waals surface area contributed by atoms with Crippen molar-refractivity contribution in [3.8, 4) is 0 Å². The van der Waals surface area contributed by atoms with Gasteiger partial charge in [-0.25, -0.2) is 0 Å². The number of carbonyl (C=O) groups is 3. The highest BCUT2D eigenvalue weighted by Crippen LogP contribution is 2.30. The van der Waals surface area contributed by atoms with E-state index in [1.807, 2.05) is 0 Å². The molecular formula is C16H20N2O4. The molecule has 1 aliphatic rings. The molecule has 1 saturated carbocycles. The van der Waals surface area contributed by atoms with Gasteiger partial charge in [0, 0.05) is 30.1 Å². The second-order valence-corrected chi connectivity index (χ2v) is 5.28. The minimum Gasteiger partial charge on any atom is -0.469 e. The normalized spacial score (nSPS) is 13.3. The number of amides is 2. The molecule has 1 aromatic carbocycles. The van der Waals surface area contributed by atoms with Gasteiger partial charge in [-0.05, 0) is 43.5 Å². The predicted molar refractivity (Wildman–Crippen MR) is 81.4 cm³/mol. The van der Waals surface area contributed by atoms with E-state index in [2.05, 4.69) is 15.4 Å². The Morgan fingerprint density at radius 1 is 1.18 bits per heavy atom. The second-order valence-electron chi connectivity index (χ2n) is 5.28. The summed E-state index contributed by atoms with van der Waals surface area (Å²) in [5, 5.41) is 5.55. The number of esters is 1. The quantitative estimate of drug-likeness (QED) is 0.593. The second kappa shape index (κ2) is 7.59. The van der Waals surface area contributed by atoms with Crippen LogP contribution in [0.15, 0.2) is 24.3 Å². The van der Waals surface area contributed by atoms with Crippen LogP contribution in [0.5, 0.6) is 0 Å². The Kier molecular flexibility index (Phi) is 5.52. The van der Waals surface area contributed by atoms with Gasteiger partial charge in [-0.15, -0.1) is 0 Å². The zero-order chi connectivity index (χ0) is 15.9. The standard InChI is InChI=1S/C16H20N2O4/c1-22-14(19)3-2-10-17-15(20)11-6-8-13(9-7-11)18-16(21)12-4-5-12/h6-9,12H,2-5,10H2,1H3,(H,17,20)(H,18,21). The molecule has 0 saturated heterocycles. The zero-order valence-corrected chi connectivity index (χ0v) is 12.6. The summed E-state index contributed by atoms with van der Waals surface area (Å²) in [7, 11) is 1.34.